The molecule has 0 radical (unpaired) electrons. The number of fused-ring (bicyclic) bond motifs is 1. The van der Waals surface area contributed by atoms with Gasteiger partial charge < -0.3 is 5.32 Å². The predicted octanol–water partition coefficient (Wildman–Crippen LogP) is 3.19. The minimum Gasteiger partial charge on any atom is -0.311 e. The molecule has 0 unspecified atom stereocenters. The Morgan fingerprint density at radius 3 is 2.82 bits per heavy atom. The van der Waals surface area contributed by atoms with Crippen molar-refractivity contribution in [1.29, 1.82) is 0 Å². The second kappa shape index (κ2) is 5.15. The molecule has 0 saturated heterocycles. The van der Waals surface area contributed by atoms with E-state index in [-0.39, 0.29) is 17.7 Å². The molecule has 1 aromatic heterocycles. The number of anilines is 1. The third-order valence-corrected chi connectivity index (χ3v) is 2.52. The number of nitrogens with zero attached hydrogens (tertiary/aromatic N) is 1. The molecule has 0 bridgehead atoms. The molecule has 0 aliphatic carbocycles. The fraction of sp³-hybridized carbons (Fsp3) is 0.231. The van der Waals surface area contributed by atoms with Gasteiger partial charge >= 0.3 is 0 Å². The maximum absolute atomic E-state index is 11.5. The number of carbonyl (C=O) groups is 1. The normalized spacial score (nSPS) is 12.4. The maximum atomic E-state index is 11.5. The Morgan fingerprint density at radius 1 is 1.41 bits per heavy atom. The summed E-state index contributed by atoms with van der Waals surface area (Å²) in [7, 11) is 0. The van der Waals surface area contributed by atoms with Crippen molar-refractivity contribution < 1.29 is 4.79 Å². The summed E-state index contributed by atoms with van der Waals surface area (Å²) in [5.74, 6) is 0.446. The van der Waals surface area contributed by atoms with Gasteiger partial charge in [-0.05, 0) is 18.4 Å². The van der Waals surface area contributed by atoms with Crippen LogP contribution in [0.2, 0.25) is 0 Å². The van der Waals surface area contributed by atoms with Crippen molar-refractivity contribution in [3.05, 3.63) is 36.5 Å². The molecule has 0 saturated carbocycles. The summed E-state index contributed by atoms with van der Waals surface area (Å²) in [6.07, 6.45) is 2.03. The molecule has 0 fully saturated rings. The molecule has 3 nitrogen and oxygen atoms in total. The first kappa shape index (κ1) is 11.9. The van der Waals surface area contributed by atoms with Gasteiger partial charge in [0.15, 0.2) is 0 Å². The monoisotopic (exact) mass is 248 g/mol. The quantitative estimate of drug-likeness (QED) is 0.848. The molecule has 2 aromatic rings. The number of hydrogen-bond acceptors (Lipinski definition) is 2. The third-order valence-electron chi connectivity index (χ3n) is 2.37. The van der Waals surface area contributed by atoms with Gasteiger partial charge in [0.05, 0.1) is 0 Å². The van der Waals surface area contributed by atoms with Gasteiger partial charge in [-0.15, -0.1) is 11.6 Å². The van der Waals surface area contributed by atoms with Crippen molar-refractivity contribution in [3.63, 3.8) is 0 Å². The number of aromatic nitrogens is 1. The van der Waals surface area contributed by atoms with E-state index in [1.807, 2.05) is 30.3 Å². The predicted molar refractivity (Wildman–Crippen MR) is 70.3 cm³/mol. The van der Waals surface area contributed by atoms with Gasteiger partial charge in [0.2, 0.25) is 5.91 Å². The van der Waals surface area contributed by atoms with Crippen molar-refractivity contribution in [2.45, 2.75) is 18.7 Å². The third kappa shape index (κ3) is 3.17. The number of carbonyl (C=O) groups excluding carboxylic acids is 1. The van der Waals surface area contributed by atoms with Crippen molar-refractivity contribution in [1.82, 2.24) is 4.98 Å². The molecular weight excluding hydrogens is 236 g/mol. The minimum absolute atomic E-state index is 0.115. The number of alkyl halides is 1. The highest BCUT2D eigenvalue weighted by atomic mass is 35.5. The fourth-order valence-electron chi connectivity index (χ4n) is 1.60. The standard InChI is InChI=1S/C13H13ClN2O/c1-9(14)6-13(17)16-12-7-10-4-2-3-5-11(10)8-15-12/h2-5,7-9H,6H2,1H3,(H,15,16,17)/t9-/m1/s1. The highest BCUT2D eigenvalue weighted by Gasteiger charge is 2.07. The number of halogens is 1. The zero-order valence-corrected chi connectivity index (χ0v) is 10.2. The molecule has 0 aliphatic heterocycles. The first-order valence-corrected chi connectivity index (χ1v) is 5.87. The van der Waals surface area contributed by atoms with Crippen LogP contribution in [0, 0.1) is 0 Å². The first-order chi connectivity index (χ1) is 8.15. The van der Waals surface area contributed by atoms with E-state index in [0.717, 1.165) is 10.8 Å². The van der Waals surface area contributed by atoms with E-state index in [1.165, 1.54) is 0 Å². The van der Waals surface area contributed by atoms with Crippen LogP contribution >= 0.6 is 11.6 Å². The molecule has 0 spiro atoms. The van der Waals surface area contributed by atoms with Crippen LogP contribution in [0.5, 0.6) is 0 Å². The van der Waals surface area contributed by atoms with Crippen LogP contribution in [0.25, 0.3) is 10.8 Å². The summed E-state index contributed by atoms with van der Waals surface area (Å²) in [5.41, 5.74) is 0. The van der Waals surface area contributed by atoms with E-state index in [2.05, 4.69) is 10.3 Å². The Labute approximate surface area is 105 Å². The van der Waals surface area contributed by atoms with Crippen LogP contribution in [0.4, 0.5) is 5.82 Å². The molecule has 1 atom stereocenters. The van der Waals surface area contributed by atoms with Gasteiger partial charge in [-0.2, -0.15) is 0 Å². The first-order valence-electron chi connectivity index (χ1n) is 5.44. The number of hydrogen-bond donors (Lipinski definition) is 1. The SMILES string of the molecule is C[C@@H](Cl)CC(=O)Nc1cc2ccccc2cn1. The van der Waals surface area contributed by atoms with Crippen LogP contribution in [-0.2, 0) is 4.79 Å². The highest BCUT2D eigenvalue weighted by Crippen LogP contribution is 2.16. The van der Waals surface area contributed by atoms with Crippen LogP contribution in [0.3, 0.4) is 0 Å². The van der Waals surface area contributed by atoms with E-state index in [1.54, 1.807) is 13.1 Å². The van der Waals surface area contributed by atoms with Gasteiger partial charge in [0, 0.05) is 23.4 Å². The molecule has 4 heteroatoms. The number of benzene rings is 1. The van der Waals surface area contributed by atoms with Gasteiger partial charge in [-0.3, -0.25) is 4.79 Å². The summed E-state index contributed by atoms with van der Waals surface area (Å²) in [6, 6.07) is 9.73. The van der Waals surface area contributed by atoms with Crippen LogP contribution < -0.4 is 5.32 Å². The lowest BCUT2D eigenvalue weighted by Gasteiger charge is -2.06. The second-order valence-corrected chi connectivity index (χ2v) is 4.69. The lowest BCUT2D eigenvalue weighted by Crippen LogP contribution is -2.15. The molecule has 88 valence electrons. The highest BCUT2D eigenvalue weighted by molar-refractivity contribution is 6.21. The van der Waals surface area contributed by atoms with Gasteiger partial charge in [0.25, 0.3) is 0 Å². The molecule has 17 heavy (non-hydrogen) atoms. The van der Waals surface area contributed by atoms with Crippen molar-refractivity contribution >= 4 is 34.1 Å². The lowest BCUT2D eigenvalue weighted by atomic mass is 10.2. The van der Waals surface area contributed by atoms with Gasteiger partial charge in [-0.1, -0.05) is 24.3 Å². The lowest BCUT2D eigenvalue weighted by molar-refractivity contribution is -0.116. The summed E-state index contributed by atoms with van der Waals surface area (Å²) in [5, 5.41) is 4.66. The molecule has 1 heterocycles. The Balaban J connectivity index is 2.17. The van der Waals surface area contributed by atoms with E-state index in [4.69, 9.17) is 11.6 Å². The number of nitrogens with one attached hydrogen (secondary N) is 1. The second-order valence-electron chi connectivity index (χ2n) is 3.95. The van der Waals surface area contributed by atoms with Crippen molar-refractivity contribution in [2.75, 3.05) is 5.32 Å². The van der Waals surface area contributed by atoms with Crippen molar-refractivity contribution in [2.24, 2.45) is 0 Å². The topological polar surface area (TPSA) is 42.0 Å². The minimum atomic E-state index is -0.171. The van der Waals surface area contributed by atoms with E-state index in [0.29, 0.717) is 5.82 Å². The average Bonchev–Trinajstić information content (AvgIpc) is 2.27. The van der Waals surface area contributed by atoms with E-state index < -0.39 is 0 Å². The van der Waals surface area contributed by atoms with E-state index >= 15 is 0 Å². The molecule has 2 rings (SSSR count). The Kier molecular flexibility index (Phi) is 3.59. The average molecular weight is 249 g/mol. The summed E-state index contributed by atoms with van der Waals surface area (Å²) >= 11 is 5.75. The maximum Gasteiger partial charge on any atom is 0.226 e. The van der Waals surface area contributed by atoms with Crippen LogP contribution in [0.1, 0.15) is 13.3 Å². The number of amides is 1. The van der Waals surface area contributed by atoms with Crippen LogP contribution in [-0.4, -0.2) is 16.3 Å². The smallest absolute Gasteiger partial charge is 0.226 e. The number of pyridine rings is 1. The zero-order valence-electron chi connectivity index (χ0n) is 9.48. The molecule has 0 aliphatic rings. The largest absolute Gasteiger partial charge is 0.311 e. The zero-order chi connectivity index (χ0) is 12.3. The summed E-state index contributed by atoms with van der Waals surface area (Å²) in [4.78, 5) is 15.7. The van der Waals surface area contributed by atoms with Gasteiger partial charge in [-0.25, -0.2) is 4.98 Å². The van der Waals surface area contributed by atoms with Gasteiger partial charge in [0.1, 0.15) is 5.82 Å². The Bertz CT molecular complexity index is 540. The summed E-state index contributed by atoms with van der Waals surface area (Å²) in [6.45, 7) is 1.79. The fourth-order valence-corrected chi connectivity index (χ4v) is 1.74. The molecule has 1 N–H and O–H groups in total. The Hall–Kier alpha value is -1.61. The van der Waals surface area contributed by atoms with E-state index in [9.17, 15) is 4.79 Å². The molecule has 1 aromatic carbocycles. The molecule has 1 amide bonds. The Morgan fingerprint density at radius 2 is 2.12 bits per heavy atom. The number of rotatable bonds is 3. The van der Waals surface area contributed by atoms with Crippen LogP contribution in [0.15, 0.2) is 36.5 Å². The van der Waals surface area contributed by atoms with Crippen molar-refractivity contribution in [3.8, 4) is 0 Å². The summed E-state index contributed by atoms with van der Waals surface area (Å²) < 4.78 is 0. The molecular formula is C13H13ClN2O.